The Kier molecular flexibility index (Phi) is 8.36. The van der Waals surface area contributed by atoms with Crippen LogP contribution in [0.5, 0.6) is 0 Å². The molecule has 2 aliphatic rings. The number of nitrogens with zero attached hydrogens (tertiary/aromatic N) is 6. The number of morpholine rings is 2. The van der Waals surface area contributed by atoms with Crippen LogP contribution in [0.1, 0.15) is 16.8 Å². The van der Waals surface area contributed by atoms with Gasteiger partial charge < -0.3 is 29.0 Å². The van der Waals surface area contributed by atoms with Crippen LogP contribution in [-0.4, -0.2) is 96.6 Å². The number of carbonyl (C=O) groups is 1. The topological polar surface area (TPSA) is 107 Å². The van der Waals surface area contributed by atoms with Crippen molar-refractivity contribution in [3.05, 3.63) is 60.4 Å². The molecule has 2 fully saturated rings. The van der Waals surface area contributed by atoms with Gasteiger partial charge in [0.05, 0.1) is 62.2 Å². The van der Waals surface area contributed by atoms with Crippen molar-refractivity contribution >= 4 is 34.5 Å². The molecule has 0 amide bonds. The number of ether oxygens (including phenoxy) is 3. The zero-order valence-electron chi connectivity index (χ0n) is 23.3. The fourth-order valence-corrected chi connectivity index (χ4v) is 5.20. The molecule has 4 heterocycles. The summed E-state index contributed by atoms with van der Waals surface area (Å²) in [6, 6.07) is 15.4. The highest BCUT2D eigenvalue weighted by Gasteiger charge is 2.18. The first-order valence-corrected chi connectivity index (χ1v) is 14.1. The highest BCUT2D eigenvalue weighted by atomic mass is 16.5. The molecule has 0 aliphatic carbocycles. The minimum absolute atomic E-state index is 0.370. The highest BCUT2D eigenvalue weighted by Crippen LogP contribution is 2.28. The number of aryl methyl sites for hydroxylation is 1. The average Bonchev–Trinajstić information content (AvgIpc) is 3.44. The molecule has 2 aromatic heterocycles. The summed E-state index contributed by atoms with van der Waals surface area (Å²) >= 11 is 0. The van der Waals surface area contributed by atoms with E-state index in [1.54, 1.807) is 12.1 Å². The van der Waals surface area contributed by atoms with Gasteiger partial charge in [-0.3, -0.25) is 4.90 Å². The monoisotopic (exact) mass is 557 g/mol. The van der Waals surface area contributed by atoms with E-state index in [2.05, 4.69) is 37.9 Å². The van der Waals surface area contributed by atoms with Crippen molar-refractivity contribution in [2.24, 2.45) is 0 Å². The first-order valence-electron chi connectivity index (χ1n) is 14.1. The second kappa shape index (κ2) is 12.6. The van der Waals surface area contributed by atoms with Crippen molar-refractivity contribution in [2.45, 2.75) is 13.0 Å². The molecular formula is C30H35N7O4. The highest BCUT2D eigenvalue weighted by molar-refractivity contribution is 5.89. The minimum atomic E-state index is -0.370. The molecule has 0 unspecified atom stereocenters. The lowest BCUT2D eigenvalue weighted by Gasteiger charge is -2.27. The molecular weight excluding hydrogens is 522 g/mol. The van der Waals surface area contributed by atoms with E-state index in [4.69, 9.17) is 29.2 Å². The van der Waals surface area contributed by atoms with Gasteiger partial charge in [-0.05, 0) is 42.8 Å². The predicted octanol–water partition coefficient (Wildman–Crippen LogP) is 3.58. The lowest BCUT2D eigenvalue weighted by molar-refractivity contribution is 0.0369. The van der Waals surface area contributed by atoms with Crippen LogP contribution in [0.15, 0.2) is 54.9 Å². The number of imidazole rings is 1. The number of anilines is 3. The predicted molar refractivity (Wildman–Crippen MR) is 157 cm³/mol. The second-order valence-electron chi connectivity index (χ2n) is 10.2. The van der Waals surface area contributed by atoms with Crippen molar-refractivity contribution in [1.82, 2.24) is 24.4 Å². The molecule has 2 aliphatic heterocycles. The summed E-state index contributed by atoms with van der Waals surface area (Å²) in [5.74, 6) is 0.940. The molecule has 0 saturated carbocycles. The van der Waals surface area contributed by atoms with Crippen LogP contribution in [0.25, 0.3) is 22.3 Å². The fourth-order valence-electron chi connectivity index (χ4n) is 5.20. The molecule has 6 rings (SSSR count). The van der Waals surface area contributed by atoms with Crippen LogP contribution >= 0.6 is 0 Å². The zero-order chi connectivity index (χ0) is 28.0. The maximum absolute atomic E-state index is 11.8. The third-order valence-corrected chi connectivity index (χ3v) is 7.48. The molecule has 0 bridgehead atoms. The lowest BCUT2D eigenvalue weighted by Crippen LogP contribution is -2.37. The Balaban J connectivity index is 1.24. The van der Waals surface area contributed by atoms with Gasteiger partial charge in [0.2, 0.25) is 5.95 Å². The number of benzene rings is 2. The van der Waals surface area contributed by atoms with Crippen molar-refractivity contribution in [3.8, 4) is 11.3 Å². The minimum Gasteiger partial charge on any atom is -0.465 e. The van der Waals surface area contributed by atoms with E-state index in [9.17, 15) is 4.79 Å². The molecule has 1 N–H and O–H groups in total. The number of aromatic nitrogens is 4. The molecule has 0 atom stereocenters. The van der Waals surface area contributed by atoms with Crippen molar-refractivity contribution in [2.75, 3.05) is 76.5 Å². The van der Waals surface area contributed by atoms with Gasteiger partial charge >= 0.3 is 5.97 Å². The molecule has 2 saturated heterocycles. The van der Waals surface area contributed by atoms with E-state index < -0.39 is 0 Å². The van der Waals surface area contributed by atoms with Crippen LogP contribution in [0.2, 0.25) is 0 Å². The fraction of sp³-hybridized carbons (Fsp3) is 0.400. The molecule has 41 heavy (non-hydrogen) atoms. The number of carbonyl (C=O) groups excluding carboxylic acids is 1. The van der Waals surface area contributed by atoms with Crippen LogP contribution in [0.3, 0.4) is 0 Å². The third kappa shape index (κ3) is 6.48. The smallest absolute Gasteiger partial charge is 0.337 e. The second-order valence-corrected chi connectivity index (χ2v) is 10.2. The Morgan fingerprint density at radius 3 is 2.44 bits per heavy atom. The van der Waals surface area contributed by atoms with Gasteiger partial charge in [0, 0.05) is 56.6 Å². The van der Waals surface area contributed by atoms with Crippen LogP contribution in [-0.2, 0) is 20.8 Å². The average molecular weight is 558 g/mol. The quantitative estimate of drug-likeness (QED) is 0.307. The summed E-state index contributed by atoms with van der Waals surface area (Å²) in [4.78, 5) is 30.9. The SMILES string of the molecule is COC(=O)c1ccc(Nc2cc(-c3ccc4c(c3)ncn4CCCN3CCOCC3)nc(N3CCOCC3)n2)cc1. The van der Waals surface area contributed by atoms with Crippen LogP contribution in [0, 0.1) is 0 Å². The number of rotatable bonds is 9. The number of fused-ring (bicyclic) bond motifs is 1. The van der Waals surface area contributed by atoms with Crippen molar-refractivity contribution in [3.63, 3.8) is 0 Å². The maximum Gasteiger partial charge on any atom is 0.337 e. The van der Waals surface area contributed by atoms with E-state index in [1.807, 2.05) is 24.5 Å². The molecule has 0 radical (unpaired) electrons. The number of nitrogens with one attached hydrogen (secondary N) is 1. The summed E-state index contributed by atoms with van der Waals surface area (Å²) in [5, 5.41) is 3.38. The summed E-state index contributed by atoms with van der Waals surface area (Å²) in [5.41, 5.74) is 5.12. The number of methoxy groups -OCH3 is 1. The molecule has 0 spiro atoms. The Hall–Kier alpha value is -4.06. The standard InChI is InChI=1S/C30H35N7O4/c1-39-29(38)22-3-6-24(7-4-22)32-28-20-25(33-30(34-28)36-13-17-41-18-14-36)23-5-8-27-26(19-23)31-21-37(27)10-2-9-35-11-15-40-16-12-35/h3-8,19-21H,2,9-18H2,1H3,(H,32,33,34). The van der Waals surface area contributed by atoms with E-state index in [0.717, 1.165) is 86.9 Å². The van der Waals surface area contributed by atoms with E-state index in [0.29, 0.717) is 30.5 Å². The Bertz CT molecular complexity index is 1480. The van der Waals surface area contributed by atoms with Gasteiger partial charge in [-0.15, -0.1) is 0 Å². The largest absolute Gasteiger partial charge is 0.465 e. The van der Waals surface area contributed by atoms with Gasteiger partial charge in [-0.2, -0.15) is 4.98 Å². The van der Waals surface area contributed by atoms with Crippen molar-refractivity contribution < 1.29 is 19.0 Å². The summed E-state index contributed by atoms with van der Waals surface area (Å²) in [6.45, 7) is 8.39. The molecule has 2 aromatic carbocycles. The Morgan fingerprint density at radius 2 is 1.68 bits per heavy atom. The first-order chi connectivity index (χ1) is 20.2. The van der Waals surface area contributed by atoms with Crippen molar-refractivity contribution in [1.29, 1.82) is 0 Å². The summed E-state index contributed by atoms with van der Waals surface area (Å²) in [7, 11) is 1.37. The molecule has 11 heteroatoms. The Morgan fingerprint density at radius 1 is 0.927 bits per heavy atom. The number of esters is 1. The van der Waals surface area contributed by atoms with E-state index >= 15 is 0 Å². The number of hydrogen-bond donors (Lipinski definition) is 1. The molecule has 214 valence electrons. The van der Waals surface area contributed by atoms with Crippen LogP contribution < -0.4 is 10.2 Å². The first kappa shape index (κ1) is 27.1. The van der Waals surface area contributed by atoms with Crippen LogP contribution in [0.4, 0.5) is 17.5 Å². The summed E-state index contributed by atoms with van der Waals surface area (Å²) < 4.78 is 18.0. The van der Waals surface area contributed by atoms with Gasteiger partial charge in [-0.25, -0.2) is 14.8 Å². The van der Waals surface area contributed by atoms with Gasteiger partial charge in [0.25, 0.3) is 0 Å². The molecule has 11 nitrogen and oxygen atoms in total. The van der Waals surface area contributed by atoms with Gasteiger partial charge in [-0.1, -0.05) is 6.07 Å². The molecule has 4 aromatic rings. The zero-order valence-corrected chi connectivity index (χ0v) is 23.3. The normalized spacial score (nSPS) is 16.2. The van der Waals surface area contributed by atoms with Gasteiger partial charge in [0.15, 0.2) is 0 Å². The van der Waals surface area contributed by atoms with E-state index in [-0.39, 0.29) is 5.97 Å². The summed E-state index contributed by atoms with van der Waals surface area (Å²) in [6.07, 6.45) is 3.00. The maximum atomic E-state index is 11.8. The number of hydrogen-bond acceptors (Lipinski definition) is 10. The van der Waals surface area contributed by atoms with E-state index in [1.165, 1.54) is 7.11 Å². The lowest BCUT2D eigenvalue weighted by atomic mass is 10.1. The Labute approximate surface area is 239 Å². The third-order valence-electron chi connectivity index (χ3n) is 7.48. The van der Waals surface area contributed by atoms with Gasteiger partial charge in [0.1, 0.15) is 5.82 Å².